The van der Waals surface area contributed by atoms with Crippen molar-refractivity contribution < 1.29 is 19.1 Å². The third kappa shape index (κ3) is 3.68. The van der Waals surface area contributed by atoms with Gasteiger partial charge in [0, 0.05) is 11.6 Å². The molecule has 0 atom stereocenters. The molecule has 1 aliphatic heterocycles. The third-order valence-electron chi connectivity index (χ3n) is 4.42. The number of nitrogens with one attached hydrogen (secondary N) is 1. The number of ether oxygens (including phenoxy) is 2. The Bertz CT molecular complexity index is 938. The molecule has 146 valence electrons. The zero-order valence-corrected chi connectivity index (χ0v) is 16.7. The predicted octanol–water partition coefficient (Wildman–Crippen LogP) is 3.96. The summed E-state index contributed by atoms with van der Waals surface area (Å²) >= 11 is 6.10. The van der Waals surface area contributed by atoms with Crippen LogP contribution in [0.3, 0.4) is 0 Å². The molecule has 1 aliphatic rings. The predicted molar refractivity (Wildman–Crippen MR) is 109 cm³/mol. The van der Waals surface area contributed by atoms with E-state index in [4.69, 9.17) is 21.1 Å². The highest BCUT2D eigenvalue weighted by atomic mass is 35.5. The first-order valence-electron chi connectivity index (χ1n) is 8.85. The van der Waals surface area contributed by atoms with Crippen molar-refractivity contribution in [3.05, 3.63) is 58.7 Å². The van der Waals surface area contributed by atoms with Gasteiger partial charge >= 0.3 is 0 Å². The summed E-state index contributed by atoms with van der Waals surface area (Å²) in [4.78, 5) is 27.2. The summed E-state index contributed by atoms with van der Waals surface area (Å²) in [6.07, 6.45) is 0.668. The first-order valence-corrected chi connectivity index (χ1v) is 9.23. The van der Waals surface area contributed by atoms with E-state index in [0.717, 1.165) is 0 Å². The Labute approximate surface area is 168 Å². The lowest BCUT2D eigenvalue weighted by atomic mass is 10.0. The minimum Gasteiger partial charge on any atom is -0.497 e. The van der Waals surface area contributed by atoms with Gasteiger partial charge in [0.05, 0.1) is 25.5 Å². The third-order valence-corrected chi connectivity index (χ3v) is 4.65. The van der Waals surface area contributed by atoms with E-state index >= 15 is 0 Å². The maximum absolute atomic E-state index is 13.0. The van der Waals surface area contributed by atoms with Gasteiger partial charge in [-0.05, 0) is 42.3 Å². The molecule has 0 aromatic heterocycles. The Morgan fingerprint density at radius 1 is 1.00 bits per heavy atom. The number of imide groups is 1. The molecule has 1 N–H and O–H groups in total. The molecule has 2 aromatic rings. The van der Waals surface area contributed by atoms with E-state index in [9.17, 15) is 9.59 Å². The van der Waals surface area contributed by atoms with Crippen molar-refractivity contribution in [2.45, 2.75) is 13.3 Å². The van der Waals surface area contributed by atoms with Gasteiger partial charge in [-0.25, -0.2) is 0 Å². The summed E-state index contributed by atoms with van der Waals surface area (Å²) in [5.74, 6) is 0.470. The van der Waals surface area contributed by atoms with Gasteiger partial charge in [-0.3, -0.25) is 14.5 Å². The smallest absolute Gasteiger partial charge is 0.278 e. The molecular weight excluding hydrogens is 380 g/mol. The maximum atomic E-state index is 13.0. The topological polar surface area (TPSA) is 67.9 Å². The zero-order valence-electron chi connectivity index (χ0n) is 15.9. The van der Waals surface area contributed by atoms with Crippen LogP contribution in [0.25, 0.3) is 5.57 Å². The van der Waals surface area contributed by atoms with Gasteiger partial charge in [-0.15, -0.1) is 0 Å². The highest BCUT2D eigenvalue weighted by molar-refractivity contribution is 6.36. The number of benzene rings is 2. The molecule has 2 amide bonds. The molecule has 0 radical (unpaired) electrons. The van der Waals surface area contributed by atoms with Gasteiger partial charge in [0.2, 0.25) is 0 Å². The number of amides is 2. The van der Waals surface area contributed by atoms with Gasteiger partial charge in [0.1, 0.15) is 17.2 Å². The average molecular weight is 401 g/mol. The molecule has 6 nitrogen and oxygen atoms in total. The van der Waals surface area contributed by atoms with E-state index in [1.165, 1.54) is 12.0 Å². The van der Waals surface area contributed by atoms with Crippen molar-refractivity contribution >= 4 is 34.7 Å². The van der Waals surface area contributed by atoms with Crippen LogP contribution in [0.5, 0.6) is 11.5 Å². The van der Waals surface area contributed by atoms with E-state index in [0.29, 0.717) is 46.3 Å². The summed E-state index contributed by atoms with van der Waals surface area (Å²) in [5.41, 5.74) is 1.64. The molecule has 0 bridgehead atoms. The molecule has 2 aromatic carbocycles. The Kier molecular flexibility index (Phi) is 5.90. The molecule has 3 rings (SSSR count). The maximum Gasteiger partial charge on any atom is 0.278 e. The lowest BCUT2D eigenvalue weighted by Crippen LogP contribution is -2.33. The van der Waals surface area contributed by atoms with Gasteiger partial charge in [-0.2, -0.15) is 0 Å². The van der Waals surface area contributed by atoms with Crippen LogP contribution in [-0.2, 0) is 9.59 Å². The van der Waals surface area contributed by atoms with E-state index in [1.807, 2.05) is 6.92 Å². The molecule has 0 unspecified atom stereocenters. The van der Waals surface area contributed by atoms with Crippen LogP contribution < -0.4 is 14.8 Å². The molecule has 7 heteroatoms. The van der Waals surface area contributed by atoms with Crippen molar-refractivity contribution in [3.63, 3.8) is 0 Å². The summed E-state index contributed by atoms with van der Waals surface area (Å²) < 4.78 is 10.5. The second-order valence-corrected chi connectivity index (χ2v) is 6.65. The number of hydrogen-bond donors (Lipinski definition) is 1. The number of hydrogen-bond acceptors (Lipinski definition) is 5. The molecule has 0 aliphatic carbocycles. The van der Waals surface area contributed by atoms with Gasteiger partial charge < -0.3 is 14.8 Å². The zero-order chi connectivity index (χ0) is 20.3. The minimum absolute atomic E-state index is 0.198. The molecule has 0 saturated heterocycles. The summed E-state index contributed by atoms with van der Waals surface area (Å²) in [5, 5.41) is 3.56. The minimum atomic E-state index is -0.375. The number of carbonyl (C=O) groups excluding carboxylic acids is 2. The van der Waals surface area contributed by atoms with Crippen LogP contribution in [-0.4, -0.2) is 37.5 Å². The van der Waals surface area contributed by atoms with E-state index < -0.39 is 0 Å². The van der Waals surface area contributed by atoms with Gasteiger partial charge in [0.15, 0.2) is 0 Å². The second-order valence-electron chi connectivity index (χ2n) is 6.21. The lowest BCUT2D eigenvalue weighted by Gasteiger charge is -2.15. The number of nitrogens with zero attached hydrogens (tertiary/aromatic N) is 1. The first-order chi connectivity index (χ1) is 13.5. The molecule has 28 heavy (non-hydrogen) atoms. The highest BCUT2D eigenvalue weighted by Gasteiger charge is 2.39. The van der Waals surface area contributed by atoms with E-state index in [-0.39, 0.29) is 17.5 Å². The largest absolute Gasteiger partial charge is 0.497 e. The lowest BCUT2D eigenvalue weighted by molar-refractivity contribution is -0.136. The Hall–Kier alpha value is -2.99. The standard InChI is InChI=1S/C21H21ClN2O4/c1-4-11-24-20(25)18(13-5-8-15(27-2)9-6-13)19(21(24)26)23-16-12-14(22)7-10-17(16)28-3/h5-10,12,23H,4,11H2,1-3H3. The van der Waals surface area contributed by atoms with Crippen LogP contribution in [0.2, 0.25) is 5.02 Å². The number of halogens is 1. The quantitative estimate of drug-likeness (QED) is 0.712. The second kappa shape index (κ2) is 8.35. The monoisotopic (exact) mass is 400 g/mol. The number of anilines is 1. The average Bonchev–Trinajstić information content (AvgIpc) is 2.93. The van der Waals surface area contributed by atoms with Gasteiger partial charge in [0.25, 0.3) is 11.8 Å². The van der Waals surface area contributed by atoms with Crippen molar-refractivity contribution in [2.75, 3.05) is 26.1 Å². The summed E-state index contributed by atoms with van der Waals surface area (Å²) in [7, 11) is 3.10. The number of carbonyl (C=O) groups is 2. The molecule has 0 saturated carbocycles. The van der Waals surface area contributed by atoms with E-state index in [1.54, 1.807) is 49.6 Å². The Morgan fingerprint density at radius 2 is 1.71 bits per heavy atom. The summed E-state index contributed by atoms with van der Waals surface area (Å²) in [6.45, 7) is 2.26. The van der Waals surface area contributed by atoms with Crippen LogP contribution in [0, 0.1) is 0 Å². The van der Waals surface area contributed by atoms with Crippen molar-refractivity contribution in [2.24, 2.45) is 0 Å². The molecule has 0 fully saturated rings. The van der Waals surface area contributed by atoms with Crippen LogP contribution in [0.4, 0.5) is 5.69 Å². The number of methoxy groups -OCH3 is 2. The molecule has 1 heterocycles. The Morgan fingerprint density at radius 3 is 2.32 bits per heavy atom. The van der Waals surface area contributed by atoms with E-state index in [2.05, 4.69) is 5.32 Å². The van der Waals surface area contributed by atoms with Crippen LogP contribution in [0.15, 0.2) is 48.2 Å². The van der Waals surface area contributed by atoms with Crippen molar-refractivity contribution in [1.29, 1.82) is 0 Å². The normalized spacial score (nSPS) is 13.9. The fourth-order valence-electron chi connectivity index (χ4n) is 3.06. The van der Waals surface area contributed by atoms with Crippen LogP contribution >= 0.6 is 11.6 Å². The SMILES string of the molecule is CCCN1C(=O)C(Nc2cc(Cl)ccc2OC)=C(c2ccc(OC)cc2)C1=O. The highest BCUT2D eigenvalue weighted by Crippen LogP contribution is 2.35. The molecule has 0 spiro atoms. The van der Waals surface area contributed by atoms with Crippen molar-refractivity contribution in [1.82, 2.24) is 4.90 Å². The summed E-state index contributed by atoms with van der Waals surface area (Å²) in [6, 6.07) is 12.1. The van der Waals surface area contributed by atoms with Crippen LogP contribution in [0.1, 0.15) is 18.9 Å². The van der Waals surface area contributed by atoms with Crippen molar-refractivity contribution in [3.8, 4) is 11.5 Å². The van der Waals surface area contributed by atoms with Gasteiger partial charge in [-0.1, -0.05) is 30.7 Å². The molecular formula is C21H21ClN2O4. The first kappa shape index (κ1) is 19.8. The fraction of sp³-hybridized carbons (Fsp3) is 0.238. The number of rotatable bonds is 7. The fourth-order valence-corrected chi connectivity index (χ4v) is 3.23. The Balaban J connectivity index is 2.10.